The second-order valence-corrected chi connectivity index (χ2v) is 3.76. The average Bonchev–Trinajstić information content (AvgIpc) is 2.29. The molecule has 0 saturated carbocycles. The topological polar surface area (TPSA) is 37.4 Å². The van der Waals surface area contributed by atoms with Gasteiger partial charge in [-0.15, -0.1) is 0 Å². The predicted octanol–water partition coefficient (Wildman–Crippen LogP) is 1.13. The monoisotopic (exact) mass is 223 g/mol. The van der Waals surface area contributed by atoms with E-state index in [4.69, 9.17) is 4.74 Å². The van der Waals surface area contributed by atoms with Gasteiger partial charge in [0.05, 0.1) is 12.8 Å². The van der Waals surface area contributed by atoms with E-state index in [1.165, 1.54) is 0 Å². The van der Waals surface area contributed by atoms with Gasteiger partial charge in [0, 0.05) is 25.7 Å². The fourth-order valence-corrected chi connectivity index (χ4v) is 1.46. The molecule has 0 bridgehead atoms. The van der Waals surface area contributed by atoms with Crippen LogP contribution in [-0.4, -0.2) is 43.7 Å². The van der Waals surface area contributed by atoms with Crippen molar-refractivity contribution in [1.29, 1.82) is 0 Å². The van der Waals surface area contributed by atoms with Crippen molar-refractivity contribution in [3.8, 4) is 5.88 Å². The third-order valence-corrected chi connectivity index (χ3v) is 2.34. The highest BCUT2D eigenvalue weighted by Crippen LogP contribution is 2.07. The minimum atomic E-state index is 0.678. The highest BCUT2D eigenvalue weighted by Gasteiger charge is 2.02. The van der Waals surface area contributed by atoms with Crippen molar-refractivity contribution in [2.24, 2.45) is 0 Å². The standard InChI is InChI=1S/C12H21N3O/c1-4-13-8-9-15(2)10-11-6-5-7-12(14-11)16-3/h5-7,13H,4,8-10H2,1-3H3. The summed E-state index contributed by atoms with van der Waals surface area (Å²) in [6.07, 6.45) is 0. The van der Waals surface area contributed by atoms with Crippen LogP contribution in [0.2, 0.25) is 0 Å². The predicted molar refractivity (Wildman–Crippen MR) is 65.7 cm³/mol. The minimum Gasteiger partial charge on any atom is -0.481 e. The third kappa shape index (κ3) is 4.59. The summed E-state index contributed by atoms with van der Waals surface area (Å²) < 4.78 is 5.09. The van der Waals surface area contributed by atoms with Crippen LogP contribution in [0.25, 0.3) is 0 Å². The van der Waals surface area contributed by atoms with E-state index in [2.05, 4.69) is 29.2 Å². The molecule has 4 heteroatoms. The normalized spacial score (nSPS) is 10.8. The highest BCUT2D eigenvalue weighted by atomic mass is 16.5. The van der Waals surface area contributed by atoms with Gasteiger partial charge in [0.2, 0.25) is 5.88 Å². The van der Waals surface area contributed by atoms with E-state index >= 15 is 0 Å². The van der Waals surface area contributed by atoms with Gasteiger partial charge in [-0.25, -0.2) is 4.98 Å². The largest absolute Gasteiger partial charge is 0.481 e. The first-order chi connectivity index (χ1) is 7.76. The fraction of sp³-hybridized carbons (Fsp3) is 0.583. The van der Waals surface area contributed by atoms with Crippen LogP contribution in [0.15, 0.2) is 18.2 Å². The van der Waals surface area contributed by atoms with Crippen LogP contribution in [0.3, 0.4) is 0 Å². The van der Waals surface area contributed by atoms with Gasteiger partial charge in [-0.3, -0.25) is 4.90 Å². The summed E-state index contributed by atoms with van der Waals surface area (Å²) in [5.41, 5.74) is 1.04. The molecule has 0 radical (unpaired) electrons. The molecule has 0 aliphatic rings. The highest BCUT2D eigenvalue weighted by molar-refractivity contribution is 5.15. The van der Waals surface area contributed by atoms with Gasteiger partial charge < -0.3 is 10.1 Å². The molecule has 1 rings (SSSR count). The van der Waals surface area contributed by atoms with Crippen LogP contribution in [0.1, 0.15) is 12.6 Å². The molecule has 90 valence electrons. The maximum atomic E-state index is 5.09. The lowest BCUT2D eigenvalue weighted by Crippen LogP contribution is -2.29. The van der Waals surface area contributed by atoms with Crippen LogP contribution >= 0.6 is 0 Å². The summed E-state index contributed by atoms with van der Waals surface area (Å²) >= 11 is 0. The Morgan fingerprint density at radius 2 is 2.25 bits per heavy atom. The molecule has 1 N–H and O–H groups in total. The number of nitrogens with zero attached hydrogens (tertiary/aromatic N) is 2. The van der Waals surface area contributed by atoms with E-state index < -0.39 is 0 Å². The minimum absolute atomic E-state index is 0.678. The van der Waals surface area contributed by atoms with Gasteiger partial charge in [-0.05, 0) is 19.7 Å². The summed E-state index contributed by atoms with van der Waals surface area (Å²) in [7, 11) is 3.74. The van der Waals surface area contributed by atoms with Gasteiger partial charge in [-0.2, -0.15) is 0 Å². The van der Waals surface area contributed by atoms with Gasteiger partial charge in [0.1, 0.15) is 0 Å². The number of hydrogen-bond acceptors (Lipinski definition) is 4. The second-order valence-electron chi connectivity index (χ2n) is 3.76. The molecule has 0 fully saturated rings. The number of likely N-dealkylation sites (N-methyl/N-ethyl adjacent to an activating group) is 2. The Morgan fingerprint density at radius 1 is 1.44 bits per heavy atom. The van der Waals surface area contributed by atoms with Crippen LogP contribution in [0, 0.1) is 0 Å². The van der Waals surface area contributed by atoms with Gasteiger partial charge in [0.15, 0.2) is 0 Å². The molecular formula is C12H21N3O. The molecule has 0 aliphatic carbocycles. The molecule has 4 nitrogen and oxygen atoms in total. The lowest BCUT2D eigenvalue weighted by molar-refractivity contribution is 0.318. The van der Waals surface area contributed by atoms with Crippen LogP contribution in [-0.2, 0) is 6.54 Å². The number of rotatable bonds is 7. The fourth-order valence-electron chi connectivity index (χ4n) is 1.46. The molecule has 0 atom stereocenters. The van der Waals surface area contributed by atoms with Crippen molar-refractivity contribution in [2.45, 2.75) is 13.5 Å². The summed E-state index contributed by atoms with van der Waals surface area (Å²) in [5, 5.41) is 3.30. The molecule has 0 aliphatic heterocycles. The number of pyridine rings is 1. The Morgan fingerprint density at radius 3 is 2.94 bits per heavy atom. The van der Waals surface area contributed by atoms with E-state index in [1.807, 2.05) is 18.2 Å². The number of methoxy groups -OCH3 is 1. The maximum Gasteiger partial charge on any atom is 0.213 e. The molecule has 0 aromatic carbocycles. The molecule has 1 aromatic rings. The van der Waals surface area contributed by atoms with Crippen molar-refractivity contribution in [2.75, 3.05) is 33.8 Å². The van der Waals surface area contributed by atoms with Crippen molar-refractivity contribution in [3.63, 3.8) is 0 Å². The van der Waals surface area contributed by atoms with E-state index in [0.717, 1.165) is 31.9 Å². The van der Waals surface area contributed by atoms with Crippen molar-refractivity contribution in [3.05, 3.63) is 23.9 Å². The summed E-state index contributed by atoms with van der Waals surface area (Å²) in [5.74, 6) is 0.678. The maximum absolute atomic E-state index is 5.09. The van der Waals surface area contributed by atoms with Crippen molar-refractivity contribution in [1.82, 2.24) is 15.2 Å². The first-order valence-corrected chi connectivity index (χ1v) is 5.65. The molecule has 0 amide bonds. The van der Waals surface area contributed by atoms with Crippen molar-refractivity contribution >= 4 is 0 Å². The molecule has 0 spiro atoms. The summed E-state index contributed by atoms with van der Waals surface area (Å²) in [6.45, 7) is 6.02. The first kappa shape index (κ1) is 12.9. The molecule has 16 heavy (non-hydrogen) atoms. The second kappa shape index (κ2) is 7.19. The molecular weight excluding hydrogens is 202 g/mol. The van der Waals surface area contributed by atoms with Crippen LogP contribution in [0.4, 0.5) is 0 Å². The van der Waals surface area contributed by atoms with Gasteiger partial charge in [0.25, 0.3) is 0 Å². The molecule has 1 heterocycles. The quantitative estimate of drug-likeness (QED) is 0.703. The Kier molecular flexibility index (Phi) is 5.82. The first-order valence-electron chi connectivity index (χ1n) is 5.65. The number of nitrogens with one attached hydrogen (secondary N) is 1. The molecule has 0 unspecified atom stereocenters. The lowest BCUT2D eigenvalue weighted by Gasteiger charge is -2.16. The SMILES string of the molecule is CCNCCN(C)Cc1cccc(OC)n1. The third-order valence-electron chi connectivity index (χ3n) is 2.34. The van der Waals surface area contributed by atoms with Crippen LogP contribution < -0.4 is 10.1 Å². The Labute approximate surface area is 97.6 Å². The Bertz CT molecular complexity index is 304. The van der Waals surface area contributed by atoms with Crippen molar-refractivity contribution < 1.29 is 4.74 Å². The summed E-state index contributed by atoms with van der Waals surface area (Å²) in [6, 6.07) is 5.85. The van der Waals surface area contributed by atoms with E-state index in [9.17, 15) is 0 Å². The zero-order valence-corrected chi connectivity index (χ0v) is 10.4. The smallest absolute Gasteiger partial charge is 0.213 e. The molecule has 1 aromatic heterocycles. The Balaban J connectivity index is 2.39. The van der Waals surface area contributed by atoms with Gasteiger partial charge in [-0.1, -0.05) is 13.0 Å². The van der Waals surface area contributed by atoms with Gasteiger partial charge >= 0.3 is 0 Å². The number of hydrogen-bond donors (Lipinski definition) is 1. The van der Waals surface area contributed by atoms with E-state index in [-0.39, 0.29) is 0 Å². The lowest BCUT2D eigenvalue weighted by atomic mass is 10.3. The van der Waals surface area contributed by atoms with Crippen LogP contribution in [0.5, 0.6) is 5.88 Å². The molecule has 0 saturated heterocycles. The summed E-state index contributed by atoms with van der Waals surface area (Å²) in [4.78, 5) is 6.62. The zero-order valence-electron chi connectivity index (χ0n) is 10.4. The zero-order chi connectivity index (χ0) is 11.8. The van der Waals surface area contributed by atoms with E-state index in [0.29, 0.717) is 5.88 Å². The average molecular weight is 223 g/mol. The number of aromatic nitrogens is 1. The number of ether oxygens (including phenoxy) is 1. The Hall–Kier alpha value is -1.13. The van der Waals surface area contributed by atoms with E-state index in [1.54, 1.807) is 7.11 Å².